The average Bonchev–Trinajstić information content (AvgIpc) is 2.85. The third kappa shape index (κ3) is 2.18. The number of hydrogen-bond acceptors (Lipinski definition) is 5. The monoisotopic (exact) mass is 242 g/mol. The van der Waals surface area contributed by atoms with Crippen LogP contribution in [0.2, 0.25) is 0 Å². The first-order valence-electron chi connectivity index (χ1n) is 5.59. The van der Waals surface area contributed by atoms with E-state index in [1.165, 1.54) is 0 Å². The summed E-state index contributed by atoms with van der Waals surface area (Å²) in [5.74, 6) is 0.599. The number of hydrogen-bond donors (Lipinski definition) is 0. The van der Waals surface area contributed by atoms with Gasteiger partial charge in [-0.15, -0.1) is 5.10 Å². The molecule has 0 bridgehead atoms. The van der Waals surface area contributed by atoms with Gasteiger partial charge in [-0.3, -0.25) is 0 Å². The first-order chi connectivity index (χ1) is 8.63. The van der Waals surface area contributed by atoms with Gasteiger partial charge >= 0.3 is 0 Å². The van der Waals surface area contributed by atoms with Crippen molar-refractivity contribution >= 4 is 5.82 Å². The number of aryl methyl sites for hydroxylation is 1. The van der Waals surface area contributed by atoms with Gasteiger partial charge in [0.1, 0.15) is 11.6 Å². The minimum Gasteiger partial charge on any atom is -0.472 e. The molecule has 0 atom stereocenters. The highest BCUT2D eigenvalue weighted by molar-refractivity contribution is 5.57. The molecule has 0 spiro atoms. The van der Waals surface area contributed by atoms with E-state index in [9.17, 15) is 5.26 Å². The Hall–Kier alpha value is -2.35. The number of anilines is 1. The molecule has 0 N–H and O–H groups in total. The number of nitrogens with zero attached hydrogens (tertiary/aromatic N) is 4. The molecule has 0 aliphatic heterocycles. The molecule has 92 valence electrons. The maximum Gasteiger partial charge on any atom is 0.169 e. The number of aromatic nitrogens is 2. The Balaban J connectivity index is 2.34. The second-order valence-electron chi connectivity index (χ2n) is 4.21. The third-order valence-electron chi connectivity index (χ3n) is 2.91. The van der Waals surface area contributed by atoms with E-state index in [1.807, 2.05) is 31.9 Å². The first-order valence-corrected chi connectivity index (χ1v) is 5.59. The van der Waals surface area contributed by atoms with Gasteiger partial charge in [-0.05, 0) is 25.5 Å². The highest BCUT2D eigenvalue weighted by atomic mass is 16.3. The summed E-state index contributed by atoms with van der Waals surface area (Å²) in [6, 6.07) is 4.08. The molecule has 2 aromatic heterocycles. The highest BCUT2D eigenvalue weighted by Crippen LogP contribution is 2.21. The lowest BCUT2D eigenvalue weighted by molar-refractivity contribution is 0.563. The fourth-order valence-corrected chi connectivity index (χ4v) is 1.73. The number of nitriles is 1. The molecule has 5 nitrogen and oxygen atoms in total. The van der Waals surface area contributed by atoms with E-state index < -0.39 is 0 Å². The van der Waals surface area contributed by atoms with E-state index in [2.05, 4.69) is 16.3 Å². The van der Waals surface area contributed by atoms with E-state index >= 15 is 0 Å². The van der Waals surface area contributed by atoms with Gasteiger partial charge in [0.15, 0.2) is 5.82 Å². The Morgan fingerprint density at radius 2 is 2.17 bits per heavy atom. The van der Waals surface area contributed by atoms with Crippen LogP contribution in [0.3, 0.4) is 0 Å². The zero-order chi connectivity index (χ0) is 13.1. The second-order valence-corrected chi connectivity index (χ2v) is 4.21. The summed E-state index contributed by atoms with van der Waals surface area (Å²) in [7, 11) is 1.88. The summed E-state index contributed by atoms with van der Waals surface area (Å²) in [5.41, 5.74) is 3.27. The maximum atomic E-state index is 9.24. The number of rotatable bonds is 3. The van der Waals surface area contributed by atoms with Gasteiger partial charge < -0.3 is 9.32 Å². The molecule has 2 aromatic rings. The van der Waals surface area contributed by atoms with Crippen LogP contribution in [0.4, 0.5) is 5.82 Å². The summed E-state index contributed by atoms with van der Waals surface area (Å²) in [6.45, 7) is 4.36. The lowest BCUT2D eigenvalue weighted by Crippen LogP contribution is -2.20. The Labute approximate surface area is 106 Å². The van der Waals surface area contributed by atoms with Crippen molar-refractivity contribution in [2.75, 3.05) is 11.9 Å². The minimum atomic E-state index is 0.577. The van der Waals surface area contributed by atoms with Crippen LogP contribution in [0.1, 0.15) is 22.4 Å². The van der Waals surface area contributed by atoms with Crippen molar-refractivity contribution in [1.29, 1.82) is 5.26 Å². The first kappa shape index (κ1) is 12.1. The van der Waals surface area contributed by atoms with E-state index in [0.29, 0.717) is 17.9 Å². The topological polar surface area (TPSA) is 66.0 Å². The molecular weight excluding hydrogens is 228 g/mol. The van der Waals surface area contributed by atoms with Crippen molar-refractivity contribution in [3.8, 4) is 6.07 Å². The molecule has 0 unspecified atom stereocenters. The zero-order valence-electron chi connectivity index (χ0n) is 10.6. The molecule has 0 amide bonds. The van der Waals surface area contributed by atoms with E-state index in [1.54, 1.807) is 12.5 Å². The molecular formula is C13H14N4O. The lowest BCUT2D eigenvalue weighted by atomic mass is 10.1. The molecule has 18 heavy (non-hydrogen) atoms. The Morgan fingerprint density at radius 1 is 1.39 bits per heavy atom. The van der Waals surface area contributed by atoms with Crippen molar-refractivity contribution in [3.05, 3.63) is 41.0 Å². The summed E-state index contributed by atoms with van der Waals surface area (Å²) in [6.07, 6.45) is 3.30. The zero-order valence-corrected chi connectivity index (χ0v) is 10.6. The van der Waals surface area contributed by atoms with Crippen LogP contribution in [0.5, 0.6) is 0 Å². The third-order valence-corrected chi connectivity index (χ3v) is 2.91. The van der Waals surface area contributed by atoms with Gasteiger partial charge in [-0.1, -0.05) is 0 Å². The number of furan rings is 1. The van der Waals surface area contributed by atoms with Gasteiger partial charge in [0.05, 0.1) is 18.2 Å². The minimum absolute atomic E-state index is 0.577. The van der Waals surface area contributed by atoms with Gasteiger partial charge in [-0.25, -0.2) is 0 Å². The van der Waals surface area contributed by atoms with Crippen molar-refractivity contribution in [2.45, 2.75) is 20.4 Å². The molecule has 0 radical (unpaired) electrons. The van der Waals surface area contributed by atoms with Crippen LogP contribution in [0.15, 0.2) is 23.0 Å². The fraction of sp³-hybridized carbons (Fsp3) is 0.308. The molecule has 0 saturated heterocycles. The standard InChI is InChI=1S/C13H14N4O/c1-9-10(2)15-16-13(12(9)6-14)17(3)7-11-4-5-18-8-11/h4-5,8H,7H2,1-3H3. The lowest BCUT2D eigenvalue weighted by Gasteiger charge is -2.18. The molecule has 2 rings (SSSR count). The Morgan fingerprint density at radius 3 is 2.78 bits per heavy atom. The predicted molar refractivity (Wildman–Crippen MR) is 67.0 cm³/mol. The summed E-state index contributed by atoms with van der Waals surface area (Å²) in [4.78, 5) is 1.89. The summed E-state index contributed by atoms with van der Waals surface area (Å²) >= 11 is 0. The van der Waals surface area contributed by atoms with Crippen molar-refractivity contribution in [2.24, 2.45) is 0 Å². The quantitative estimate of drug-likeness (QED) is 0.825. The normalized spacial score (nSPS) is 10.1. The Bertz CT molecular complexity index is 584. The van der Waals surface area contributed by atoms with Crippen molar-refractivity contribution in [1.82, 2.24) is 10.2 Å². The van der Waals surface area contributed by atoms with Crippen LogP contribution < -0.4 is 4.90 Å². The summed E-state index contributed by atoms with van der Waals surface area (Å²) < 4.78 is 5.02. The van der Waals surface area contributed by atoms with Crippen LogP contribution in [-0.4, -0.2) is 17.2 Å². The van der Waals surface area contributed by atoms with Gasteiger partial charge in [0.2, 0.25) is 0 Å². The molecule has 0 aromatic carbocycles. The van der Waals surface area contributed by atoms with Crippen LogP contribution in [-0.2, 0) is 6.54 Å². The van der Waals surface area contributed by atoms with Crippen molar-refractivity contribution in [3.63, 3.8) is 0 Å². The van der Waals surface area contributed by atoms with Crippen LogP contribution in [0, 0.1) is 25.2 Å². The SMILES string of the molecule is Cc1nnc(N(C)Cc2ccoc2)c(C#N)c1C. The summed E-state index contributed by atoms with van der Waals surface area (Å²) in [5, 5.41) is 17.4. The predicted octanol–water partition coefficient (Wildman–Crippen LogP) is 2.19. The van der Waals surface area contributed by atoms with Crippen LogP contribution in [0.25, 0.3) is 0 Å². The van der Waals surface area contributed by atoms with E-state index in [4.69, 9.17) is 4.42 Å². The van der Waals surface area contributed by atoms with Crippen molar-refractivity contribution < 1.29 is 4.42 Å². The van der Waals surface area contributed by atoms with E-state index in [0.717, 1.165) is 16.8 Å². The molecule has 0 aliphatic rings. The Kier molecular flexibility index (Phi) is 3.28. The van der Waals surface area contributed by atoms with Gasteiger partial charge in [-0.2, -0.15) is 10.4 Å². The van der Waals surface area contributed by atoms with Crippen LogP contribution >= 0.6 is 0 Å². The van der Waals surface area contributed by atoms with Gasteiger partial charge in [0, 0.05) is 19.2 Å². The molecule has 0 fully saturated rings. The average molecular weight is 242 g/mol. The maximum absolute atomic E-state index is 9.24. The largest absolute Gasteiger partial charge is 0.472 e. The van der Waals surface area contributed by atoms with Gasteiger partial charge in [0.25, 0.3) is 0 Å². The molecule has 2 heterocycles. The highest BCUT2D eigenvalue weighted by Gasteiger charge is 2.14. The molecule has 0 aliphatic carbocycles. The molecule has 5 heteroatoms. The second kappa shape index (κ2) is 4.88. The smallest absolute Gasteiger partial charge is 0.169 e. The fourth-order valence-electron chi connectivity index (χ4n) is 1.73. The van der Waals surface area contributed by atoms with E-state index in [-0.39, 0.29) is 0 Å². The molecule has 0 saturated carbocycles.